The van der Waals surface area contributed by atoms with Crippen LogP contribution in [0.2, 0.25) is 0 Å². The molecule has 0 aliphatic rings. The van der Waals surface area contributed by atoms with Crippen molar-refractivity contribution >= 4 is 5.91 Å². The molecule has 0 heterocycles. The van der Waals surface area contributed by atoms with Gasteiger partial charge in [0.15, 0.2) is 0 Å². The summed E-state index contributed by atoms with van der Waals surface area (Å²) in [6, 6.07) is 12.2. The molecule has 2 rings (SSSR count). The molecular weight excluding hydrogens is 257 g/mol. The van der Waals surface area contributed by atoms with Crippen molar-refractivity contribution in [3.05, 3.63) is 53.8 Å². The van der Waals surface area contributed by atoms with Gasteiger partial charge in [0.25, 0.3) is 0 Å². The molecule has 2 aromatic carbocycles. The number of hydrogen-bond donors (Lipinski definition) is 1. The summed E-state index contributed by atoms with van der Waals surface area (Å²) in [6.45, 7) is 1.95. The Hall–Kier alpha value is -2.36. The molecule has 0 spiro atoms. The molecule has 104 valence electrons. The molecule has 1 amide bonds. The van der Waals surface area contributed by atoms with E-state index >= 15 is 0 Å². The highest BCUT2D eigenvalue weighted by molar-refractivity contribution is 5.72. The van der Waals surface area contributed by atoms with Gasteiger partial charge in [0.05, 0.1) is 7.11 Å². The van der Waals surface area contributed by atoms with Gasteiger partial charge in [-0.25, -0.2) is 4.39 Å². The van der Waals surface area contributed by atoms with Gasteiger partial charge in [-0.2, -0.15) is 0 Å². The van der Waals surface area contributed by atoms with Crippen LogP contribution in [0.15, 0.2) is 42.5 Å². The van der Waals surface area contributed by atoms with Gasteiger partial charge >= 0.3 is 0 Å². The molecule has 0 bridgehead atoms. The van der Waals surface area contributed by atoms with E-state index in [2.05, 4.69) is 5.32 Å². The van der Waals surface area contributed by atoms with E-state index in [4.69, 9.17) is 4.74 Å². The molecule has 0 aliphatic heterocycles. The minimum atomic E-state index is -0.320. The summed E-state index contributed by atoms with van der Waals surface area (Å²) in [6.07, 6.45) is 0. The van der Waals surface area contributed by atoms with Crippen molar-refractivity contribution in [2.75, 3.05) is 7.11 Å². The zero-order chi connectivity index (χ0) is 14.5. The maximum atomic E-state index is 13.9. The highest BCUT2D eigenvalue weighted by atomic mass is 19.1. The Morgan fingerprint density at radius 2 is 1.90 bits per heavy atom. The Kier molecular flexibility index (Phi) is 4.35. The number of rotatable bonds is 4. The number of nitrogens with one attached hydrogen (secondary N) is 1. The van der Waals surface area contributed by atoms with Gasteiger partial charge in [-0.15, -0.1) is 0 Å². The Bertz CT molecular complexity index is 608. The molecular formula is C16H16FNO2. The molecule has 0 saturated carbocycles. The lowest BCUT2D eigenvalue weighted by Gasteiger charge is -2.07. The van der Waals surface area contributed by atoms with Crippen LogP contribution in [-0.4, -0.2) is 13.0 Å². The van der Waals surface area contributed by atoms with Crippen molar-refractivity contribution in [1.82, 2.24) is 5.32 Å². The van der Waals surface area contributed by atoms with Gasteiger partial charge < -0.3 is 10.1 Å². The van der Waals surface area contributed by atoms with E-state index in [9.17, 15) is 9.18 Å². The standard InChI is InChI=1S/C16H16FNO2/c1-11(19)18-10-12-3-5-13(6-4-12)15-8-7-14(20-2)9-16(15)17/h3-9H,10H2,1-2H3,(H,18,19). The molecule has 2 aromatic rings. The van der Waals surface area contributed by atoms with E-state index in [0.717, 1.165) is 11.1 Å². The average molecular weight is 273 g/mol. The van der Waals surface area contributed by atoms with Gasteiger partial charge in [0, 0.05) is 25.1 Å². The quantitative estimate of drug-likeness (QED) is 0.929. The molecule has 0 fully saturated rings. The lowest BCUT2D eigenvalue weighted by Crippen LogP contribution is -2.18. The second kappa shape index (κ2) is 6.19. The zero-order valence-electron chi connectivity index (χ0n) is 11.4. The van der Waals surface area contributed by atoms with Crippen molar-refractivity contribution in [1.29, 1.82) is 0 Å². The highest BCUT2D eigenvalue weighted by Crippen LogP contribution is 2.26. The van der Waals surface area contributed by atoms with Crippen molar-refractivity contribution in [3.8, 4) is 16.9 Å². The molecule has 4 heteroatoms. The number of amides is 1. The monoisotopic (exact) mass is 273 g/mol. The molecule has 3 nitrogen and oxygen atoms in total. The largest absolute Gasteiger partial charge is 0.497 e. The minimum absolute atomic E-state index is 0.0738. The summed E-state index contributed by atoms with van der Waals surface area (Å²) in [5, 5.41) is 2.72. The SMILES string of the molecule is COc1ccc(-c2ccc(CNC(C)=O)cc2)c(F)c1. The first kappa shape index (κ1) is 14.1. The third-order valence-corrected chi connectivity index (χ3v) is 2.98. The molecule has 0 aliphatic carbocycles. The van der Waals surface area contributed by atoms with Gasteiger partial charge in [-0.05, 0) is 23.3 Å². The second-order valence-corrected chi connectivity index (χ2v) is 4.45. The van der Waals surface area contributed by atoms with Crippen LogP contribution in [0, 0.1) is 5.82 Å². The molecule has 0 saturated heterocycles. The van der Waals surface area contributed by atoms with Crippen molar-refractivity contribution in [2.24, 2.45) is 0 Å². The molecule has 20 heavy (non-hydrogen) atoms. The number of halogens is 1. The second-order valence-electron chi connectivity index (χ2n) is 4.45. The van der Waals surface area contributed by atoms with Gasteiger partial charge in [-0.1, -0.05) is 24.3 Å². The van der Waals surface area contributed by atoms with Crippen molar-refractivity contribution < 1.29 is 13.9 Å². The number of carbonyl (C=O) groups excluding carboxylic acids is 1. The van der Waals surface area contributed by atoms with E-state index in [1.165, 1.54) is 20.1 Å². The van der Waals surface area contributed by atoms with Crippen LogP contribution >= 0.6 is 0 Å². The Morgan fingerprint density at radius 3 is 2.45 bits per heavy atom. The van der Waals surface area contributed by atoms with Gasteiger partial charge in [0.2, 0.25) is 5.91 Å². The predicted octanol–water partition coefficient (Wildman–Crippen LogP) is 3.14. The van der Waals surface area contributed by atoms with Crippen LogP contribution in [-0.2, 0) is 11.3 Å². The molecule has 0 unspecified atom stereocenters. The fourth-order valence-corrected chi connectivity index (χ4v) is 1.89. The number of carbonyl (C=O) groups is 1. The maximum Gasteiger partial charge on any atom is 0.217 e. The van der Waals surface area contributed by atoms with Crippen LogP contribution in [0.3, 0.4) is 0 Å². The summed E-state index contributed by atoms with van der Waals surface area (Å²) in [5.74, 6) is 0.0998. The summed E-state index contributed by atoms with van der Waals surface area (Å²) < 4.78 is 18.9. The Morgan fingerprint density at radius 1 is 1.20 bits per heavy atom. The first-order valence-corrected chi connectivity index (χ1v) is 6.27. The smallest absolute Gasteiger partial charge is 0.217 e. The number of hydrogen-bond acceptors (Lipinski definition) is 2. The molecule has 0 radical (unpaired) electrons. The van der Waals surface area contributed by atoms with E-state index in [-0.39, 0.29) is 11.7 Å². The molecule has 0 atom stereocenters. The third-order valence-electron chi connectivity index (χ3n) is 2.98. The lowest BCUT2D eigenvalue weighted by atomic mass is 10.0. The topological polar surface area (TPSA) is 38.3 Å². The van der Waals surface area contributed by atoms with Crippen molar-refractivity contribution in [2.45, 2.75) is 13.5 Å². The number of ether oxygens (including phenoxy) is 1. The lowest BCUT2D eigenvalue weighted by molar-refractivity contribution is -0.119. The fraction of sp³-hybridized carbons (Fsp3) is 0.188. The minimum Gasteiger partial charge on any atom is -0.497 e. The highest BCUT2D eigenvalue weighted by Gasteiger charge is 2.06. The third kappa shape index (κ3) is 3.35. The normalized spacial score (nSPS) is 10.2. The summed E-state index contributed by atoms with van der Waals surface area (Å²) >= 11 is 0. The summed E-state index contributed by atoms with van der Waals surface area (Å²) in [7, 11) is 1.51. The van der Waals surface area contributed by atoms with Crippen molar-refractivity contribution in [3.63, 3.8) is 0 Å². The van der Waals surface area contributed by atoms with Crippen LogP contribution in [0.4, 0.5) is 4.39 Å². The summed E-state index contributed by atoms with van der Waals surface area (Å²) in [4.78, 5) is 10.8. The maximum absolute atomic E-state index is 13.9. The van der Waals surface area contributed by atoms with E-state index in [1.54, 1.807) is 12.1 Å². The first-order chi connectivity index (χ1) is 9.60. The van der Waals surface area contributed by atoms with Crippen LogP contribution in [0.1, 0.15) is 12.5 Å². The van der Waals surface area contributed by atoms with Gasteiger partial charge in [0.1, 0.15) is 11.6 Å². The van der Waals surface area contributed by atoms with Crippen LogP contribution < -0.4 is 10.1 Å². The predicted molar refractivity (Wildman–Crippen MR) is 75.9 cm³/mol. The number of methoxy groups -OCH3 is 1. The van der Waals surface area contributed by atoms with E-state index in [1.807, 2.05) is 24.3 Å². The van der Waals surface area contributed by atoms with Gasteiger partial charge in [-0.3, -0.25) is 4.79 Å². The van der Waals surface area contributed by atoms with Crippen LogP contribution in [0.25, 0.3) is 11.1 Å². The Balaban J connectivity index is 2.19. The molecule has 1 N–H and O–H groups in total. The van der Waals surface area contributed by atoms with E-state index < -0.39 is 0 Å². The van der Waals surface area contributed by atoms with Crippen LogP contribution in [0.5, 0.6) is 5.75 Å². The average Bonchev–Trinajstić information content (AvgIpc) is 2.45. The zero-order valence-corrected chi connectivity index (χ0v) is 11.4. The Labute approximate surface area is 117 Å². The van der Waals surface area contributed by atoms with E-state index in [0.29, 0.717) is 17.9 Å². The fourth-order valence-electron chi connectivity index (χ4n) is 1.89. The first-order valence-electron chi connectivity index (χ1n) is 6.27. The molecule has 0 aromatic heterocycles. The number of benzene rings is 2. The summed E-state index contributed by atoms with van der Waals surface area (Å²) in [5.41, 5.74) is 2.28.